The summed E-state index contributed by atoms with van der Waals surface area (Å²) in [6, 6.07) is 9.79. The normalized spacial score (nSPS) is 17.3. The van der Waals surface area contributed by atoms with Gasteiger partial charge in [0.1, 0.15) is 17.3 Å². The highest BCUT2D eigenvalue weighted by atomic mass is 35.5. The number of benzene rings is 2. The Bertz CT molecular complexity index is 1130. The van der Waals surface area contributed by atoms with Crippen LogP contribution in [0.15, 0.2) is 48.9 Å². The van der Waals surface area contributed by atoms with Crippen LogP contribution in [0.2, 0.25) is 5.02 Å². The Labute approximate surface area is 191 Å². The second kappa shape index (κ2) is 9.20. The van der Waals surface area contributed by atoms with Gasteiger partial charge in [-0.3, -0.25) is 4.79 Å². The van der Waals surface area contributed by atoms with Crippen molar-refractivity contribution in [2.75, 3.05) is 13.7 Å². The van der Waals surface area contributed by atoms with Crippen LogP contribution in [0.5, 0.6) is 11.5 Å². The van der Waals surface area contributed by atoms with Crippen molar-refractivity contribution in [2.45, 2.75) is 38.8 Å². The first-order chi connectivity index (χ1) is 15.4. The van der Waals surface area contributed by atoms with Crippen molar-refractivity contribution in [3.63, 3.8) is 0 Å². The van der Waals surface area contributed by atoms with Crippen molar-refractivity contribution in [3.05, 3.63) is 71.0 Å². The number of halogens is 2. The van der Waals surface area contributed by atoms with Crippen LogP contribution in [0.4, 0.5) is 4.39 Å². The second-order valence-electron chi connectivity index (χ2n) is 7.89. The van der Waals surface area contributed by atoms with E-state index in [9.17, 15) is 9.18 Å². The molecule has 2 heterocycles. The van der Waals surface area contributed by atoms with Gasteiger partial charge in [0.05, 0.1) is 35.9 Å². The van der Waals surface area contributed by atoms with Gasteiger partial charge in [-0.2, -0.15) is 0 Å². The zero-order valence-electron chi connectivity index (χ0n) is 18.2. The molecule has 1 saturated heterocycles. The monoisotopic (exact) mass is 457 g/mol. The zero-order chi connectivity index (χ0) is 22.8. The second-order valence-corrected chi connectivity index (χ2v) is 8.29. The molecule has 0 spiro atoms. The lowest BCUT2D eigenvalue weighted by Gasteiger charge is -2.36. The Hall–Kier alpha value is -3.06. The number of carbonyl (C=O) groups is 1. The van der Waals surface area contributed by atoms with Crippen molar-refractivity contribution in [3.8, 4) is 17.2 Å². The number of amides is 1. The van der Waals surface area contributed by atoms with Crippen LogP contribution in [-0.4, -0.2) is 40.1 Å². The molecule has 32 heavy (non-hydrogen) atoms. The SMILES string of the molecule is COc1cc(OC2CCCN(C(C)c3ccc(F)c(Cl)c3)C2=O)ccc1-n1cnc(C)c1. The number of methoxy groups -OCH3 is 1. The van der Waals surface area contributed by atoms with E-state index in [2.05, 4.69) is 4.98 Å². The number of aryl methyl sites for hydroxylation is 1. The lowest BCUT2D eigenvalue weighted by atomic mass is 10.0. The number of hydrogen-bond acceptors (Lipinski definition) is 4. The van der Waals surface area contributed by atoms with E-state index >= 15 is 0 Å². The van der Waals surface area contributed by atoms with E-state index in [-0.39, 0.29) is 17.0 Å². The third-order valence-corrected chi connectivity index (χ3v) is 6.03. The largest absolute Gasteiger partial charge is 0.494 e. The highest BCUT2D eigenvalue weighted by Gasteiger charge is 2.34. The Kier molecular flexibility index (Phi) is 6.37. The maximum Gasteiger partial charge on any atom is 0.264 e. The minimum atomic E-state index is -0.604. The van der Waals surface area contributed by atoms with Crippen molar-refractivity contribution in [2.24, 2.45) is 0 Å². The highest BCUT2D eigenvalue weighted by Crippen LogP contribution is 2.32. The smallest absolute Gasteiger partial charge is 0.264 e. The molecule has 0 saturated carbocycles. The number of piperidine rings is 1. The summed E-state index contributed by atoms with van der Waals surface area (Å²) in [5.41, 5.74) is 2.52. The summed E-state index contributed by atoms with van der Waals surface area (Å²) in [7, 11) is 1.59. The highest BCUT2D eigenvalue weighted by molar-refractivity contribution is 6.30. The first-order valence-electron chi connectivity index (χ1n) is 10.5. The first kappa shape index (κ1) is 22.1. The van der Waals surface area contributed by atoms with E-state index in [0.717, 1.165) is 23.4 Å². The van der Waals surface area contributed by atoms with Crippen molar-refractivity contribution in [1.82, 2.24) is 14.5 Å². The van der Waals surface area contributed by atoms with Crippen LogP contribution < -0.4 is 9.47 Å². The summed E-state index contributed by atoms with van der Waals surface area (Å²) in [5.74, 6) is 0.601. The van der Waals surface area contributed by atoms with Crippen molar-refractivity contribution in [1.29, 1.82) is 0 Å². The minimum absolute atomic E-state index is 0.0480. The summed E-state index contributed by atoms with van der Waals surface area (Å²) in [6.45, 7) is 4.44. The van der Waals surface area contributed by atoms with Crippen LogP contribution in [0.1, 0.15) is 37.1 Å². The Morgan fingerprint density at radius 2 is 2.06 bits per heavy atom. The lowest BCUT2D eigenvalue weighted by molar-refractivity contribution is -0.144. The van der Waals surface area contributed by atoms with Gasteiger partial charge < -0.3 is 18.9 Å². The summed E-state index contributed by atoms with van der Waals surface area (Å²) < 4.78 is 27.0. The molecule has 0 N–H and O–H groups in total. The summed E-state index contributed by atoms with van der Waals surface area (Å²) >= 11 is 5.94. The number of likely N-dealkylation sites (tertiary alicyclic amines) is 1. The molecule has 168 valence electrons. The fourth-order valence-electron chi connectivity index (χ4n) is 3.97. The predicted molar refractivity (Wildman–Crippen MR) is 120 cm³/mol. The Morgan fingerprint density at radius 1 is 1.25 bits per heavy atom. The third kappa shape index (κ3) is 4.43. The third-order valence-electron chi connectivity index (χ3n) is 5.74. The minimum Gasteiger partial charge on any atom is -0.494 e. The molecular weight excluding hydrogens is 433 g/mol. The molecule has 8 heteroatoms. The van der Waals surface area contributed by atoms with E-state index in [1.165, 1.54) is 6.07 Å². The zero-order valence-corrected chi connectivity index (χ0v) is 19.0. The number of nitrogens with zero attached hydrogens (tertiary/aromatic N) is 3. The molecule has 1 aliphatic heterocycles. The van der Waals surface area contributed by atoms with Gasteiger partial charge in [0.25, 0.3) is 5.91 Å². The molecule has 2 unspecified atom stereocenters. The standard InChI is InChI=1S/C24H25ClFN3O3/c1-15-13-28(14-27-15)21-9-7-18(12-23(21)31-3)32-22-5-4-10-29(24(22)30)16(2)17-6-8-20(26)19(25)11-17/h6-9,11-14,16,22H,4-5,10H2,1-3H3. The van der Waals surface area contributed by atoms with Gasteiger partial charge >= 0.3 is 0 Å². The summed E-state index contributed by atoms with van der Waals surface area (Å²) in [6.07, 6.45) is 4.45. The number of rotatable bonds is 6. The maximum absolute atomic E-state index is 13.5. The van der Waals surface area contributed by atoms with Crippen molar-refractivity contribution >= 4 is 17.5 Å². The molecule has 0 radical (unpaired) electrons. The predicted octanol–water partition coefficient (Wildman–Crippen LogP) is 5.11. The Morgan fingerprint density at radius 3 is 2.75 bits per heavy atom. The van der Waals surface area contributed by atoms with Gasteiger partial charge in [0, 0.05) is 18.8 Å². The molecule has 2 aromatic carbocycles. The topological polar surface area (TPSA) is 56.6 Å². The fraction of sp³-hybridized carbons (Fsp3) is 0.333. The van der Waals surface area contributed by atoms with E-state index in [4.69, 9.17) is 21.1 Å². The molecule has 0 bridgehead atoms. The number of ether oxygens (including phenoxy) is 2. The molecule has 1 fully saturated rings. The van der Waals surface area contributed by atoms with E-state index in [1.807, 2.05) is 36.7 Å². The van der Waals surface area contributed by atoms with E-state index in [1.54, 1.807) is 36.5 Å². The quantitative estimate of drug-likeness (QED) is 0.516. The fourth-order valence-corrected chi connectivity index (χ4v) is 4.16. The van der Waals surface area contributed by atoms with E-state index < -0.39 is 11.9 Å². The average Bonchev–Trinajstić information content (AvgIpc) is 3.22. The van der Waals surface area contributed by atoms with Gasteiger partial charge in [0.2, 0.25) is 0 Å². The molecule has 6 nitrogen and oxygen atoms in total. The van der Waals surface area contributed by atoms with Crippen LogP contribution in [0.3, 0.4) is 0 Å². The van der Waals surface area contributed by atoms with Crippen LogP contribution in [0, 0.1) is 12.7 Å². The van der Waals surface area contributed by atoms with Gasteiger partial charge in [-0.05, 0) is 56.5 Å². The van der Waals surface area contributed by atoms with Crippen LogP contribution in [0.25, 0.3) is 5.69 Å². The molecule has 4 rings (SSSR count). The van der Waals surface area contributed by atoms with E-state index in [0.29, 0.717) is 24.5 Å². The van der Waals surface area contributed by atoms with Gasteiger partial charge in [-0.15, -0.1) is 0 Å². The summed E-state index contributed by atoms with van der Waals surface area (Å²) in [4.78, 5) is 19.2. The summed E-state index contributed by atoms with van der Waals surface area (Å²) in [5, 5.41) is 0.0480. The number of aromatic nitrogens is 2. The number of carbonyl (C=O) groups excluding carboxylic acids is 1. The maximum atomic E-state index is 13.5. The average molecular weight is 458 g/mol. The lowest BCUT2D eigenvalue weighted by Crippen LogP contribution is -2.47. The van der Waals surface area contributed by atoms with Crippen LogP contribution >= 0.6 is 11.6 Å². The molecule has 1 aromatic heterocycles. The molecule has 1 aliphatic rings. The van der Waals surface area contributed by atoms with Gasteiger partial charge in [-0.1, -0.05) is 17.7 Å². The first-order valence-corrected chi connectivity index (χ1v) is 10.9. The Balaban J connectivity index is 1.51. The van der Waals surface area contributed by atoms with Crippen LogP contribution in [-0.2, 0) is 4.79 Å². The van der Waals surface area contributed by atoms with Gasteiger partial charge in [-0.25, -0.2) is 9.37 Å². The molecular formula is C24H25ClFN3O3. The molecule has 0 aliphatic carbocycles. The van der Waals surface area contributed by atoms with Gasteiger partial charge in [0.15, 0.2) is 6.10 Å². The molecule has 1 amide bonds. The molecule has 2 atom stereocenters. The number of imidazole rings is 1. The number of hydrogen-bond donors (Lipinski definition) is 0. The molecule has 3 aromatic rings. The van der Waals surface area contributed by atoms with Crippen molar-refractivity contribution < 1.29 is 18.7 Å².